The van der Waals surface area contributed by atoms with Crippen molar-refractivity contribution in [2.45, 2.75) is 25.1 Å². The van der Waals surface area contributed by atoms with Crippen molar-refractivity contribution in [2.75, 3.05) is 36.8 Å². The molecule has 2 aromatic rings. The van der Waals surface area contributed by atoms with Gasteiger partial charge in [-0.1, -0.05) is 13.0 Å². The number of likely N-dealkylation sites (tertiary alicyclic amines) is 1. The van der Waals surface area contributed by atoms with Crippen LogP contribution in [0.1, 0.15) is 30.1 Å². The van der Waals surface area contributed by atoms with E-state index in [4.69, 9.17) is 11.6 Å². The fourth-order valence-corrected chi connectivity index (χ4v) is 3.94. The monoisotopic (exact) mass is 475 g/mol. The van der Waals surface area contributed by atoms with Crippen LogP contribution < -0.4 is 10.6 Å². The van der Waals surface area contributed by atoms with E-state index in [0.29, 0.717) is 17.2 Å². The molecule has 1 heterocycles. The number of nitrogens with zero attached hydrogens (tertiary/aromatic N) is 1. The van der Waals surface area contributed by atoms with Gasteiger partial charge in [0.05, 0.1) is 5.38 Å². The normalized spacial score (nSPS) is 18.6. The Morgan fingerprint density at radius 2 is 1.87 bits per heavy atom. The fraction of sp³-hybridized carbons (Fsp3) is 0.409. The van der Waals surface area contributed by atoms with Crippen molar-refractivity contribution in [3.05, 3.63) is 59.9 Å². The molecule has 4 nitrogen and oxygen atoms in total. The number of nitrogens with one attached hydrogen (secondary N) is 2. The summed E-state index contributed by atoms with van der Waals surface area (Å²) >= 11 is 6.59. The Hall–Kier alpha value is -1.53. The Labute approximate surface area is 195 Å². The highest BCUT2D eigenvalue weighted by molar-refractivity contribution is 6.21. The summed E-state index contributed by atoms with van der Waals surface area (Å²) in [6.07, 6.45) is 2.24. The quantitative estimate of drug-likeness (QED) is 0.506. The van der Waals surface area contributed by atoms with Gasteiger partial charge < -0.3 is 15.5 Å². The molecule has 2 N–H and O–H groups in total. The standard InChI is InChI=1S/C22H27ClFN3O.2ClH/c1-2-11-27-12-10-17(21(23)15-27)14-25-19-4-3-5-20(13-19)26-22(28)16-6-8-18(24)9-7-16;;/h3-9,13,17,21,25H,2,10-12,14-15H2,1H3,(H,26,28);2*1H. The first-order valence-corrected chi connectivity index (χ1v) is 10.3. The van der Waals surface area contributed by atoms with Crippen molar-refractivity contribution in [1.29, 1.82) is 0 Å². The molecular weight excluding hydrogens is 448 g/mol. The smallest absolute Gasteiger partial charge is 0.255 e. The summed E-state index contributed by atoms with van der Waals surface area (Å²) in [5, 5.41) is 6.45. The molecule has 2 aromatic carbocycles. The molecule has 3 rings (SSSR count). The Balaban J connectivity index is 0.00000225. The van der Waals surface area contributed by atoms with Crippen LogP contribution in [-0.2, 0) is 0 Å². The SMILES string of the molecule is CCCN1CCC(CNc2cccc(NC(=O)c3ccc(F)cc3)c2)C(Cl)C1.Cl.Cl. The number of benzene rings is 2. The number of rotatable bonds is 7. The zero-order valence-electron chi connectivity index (χ0n) is 16.9. The molecule has 0 aromatic heterocycles. The van der Waals surface area contributed by atoms with Crippen LogP contribution in [0, 0.1) is 11.7 Å². The molecule has 0 spiro atoms. The highest BCUT2D eigenvalue weighted by Gasteiger charge is 2.27. The number of carbonyl (C=O) groups excluding carboxylic acids is 1. The second-order valence-corrected chi connectivity index (χ2v) is 7.85. The van der Waals surface area contributed by atoms with Crippen LogP contribution in [0.3, 0.4) is 0 Å². The van der Waals surface area contributed by atoms with Gasteiger partial charge in [-0.25, -0.2) is 4.39 Å². The van der Waals surface area contributed by atoms with E-state index in [1.54, 1.807) is 0 Å². The van der Waals surface area contributed by atoms with Crippen LogP contribution in [0.4, 0.5) is 15.8 Å². The highest BCUT2D eigenvalue weighted by Crippen LogP contribution is 2.24. The maximum atomic E-state index is 13.0. The molecule has 2 atom stereocenters. The molecule has 0 aliphatic carbocycles. The molecule has 0 saturated carbocycles. The lowest BCUT2D eigenvalue weighted by Gasteiger charge is -2.35. The average molecular weight is 477 g/mol. The number of hydrogen-bond acceptors (Lipinski definition) is 3. The van der Waals surface area contributed by atoms with Gasteiger partial charge in [-0.15, -0.1) is 36.4 Å². The van der Waals surface area contributed by atoms with Crippen molar-refractivity contribution < 1.29 is 9.18 Å². The minimum Gasteiger partial charge on any atom is -0.385 e. The number of anilines is 2. The Bertz CT molecular complexity index is 791. The van der Waals surface area contributed by atoms with E-state index >= 15 is 0 Å². The third-order valence-electron chi connectivity index (χ3n) is 5.10. The van der Waals surface area contributed by atoms with E-state index in [9.17, 15) is 9.18 Å². The Morgan fingerprint density at radius 3 is 2.53 bits per heavy atom. The highest BCUT2D eigenvalue weighted by atomic mass is 35.5. The van der Waals surface area contributed by atoms with Crippen LogP contribution in [-0.4, -0.2) is 42.4 Å². The zero-order chi connectivity index (χ0) is 19.9. The number of halogens is 4. The topological polar surface area (TPSA) is 44.4 Å². The first-order valence-electron chi connectivity index (χ1n) is 9.82. The molecule has 1 amide bonds. The maximum absolute atomic E-state index is 13.0. The molecule has 2 unspecified atom stereocenters. The molecule has 1 aliphatic heterocycles. The summed E-state index contributed by atoms with van der Waals surface area (Å²) in [6, 6.07) is 13.1. The third-order valence-corrected chi connectivity index (χ3v) is 5.59. The lowest BCUT2D eigenvalue weighted by Crippen LogP contribution is -2.43. The van der Waals surface area contributed by atoms with Gasteiger partial charge >= 0.3 is 0 Å². The number of hydrogen-bond donors (Lipinski definition) is 2. The molecule has 166 valence electrons. The van der Waals surface area contributed by atoms with Gasteiger partial charge in [0.25, 0.3) is 5.91 Å². The summed E-state index contributed by atoms with van der Waals surface area (Å²) in [7, 11) is 0. The van der Waals surface area contributed by atoms with Crippen molar-refractivity contribution in [1.82, 2.24) is 4.90 Å². The third kappa shape index (κ3) is 7.62. The molecule has 0 radical (unpaired) electrons. The minimum absolute atomic E-state index is 0. The maximum Gasteiger partial charge on any atom is 0.255 e. The first-order chi connectivity index (χ1) is 13.5. The molecule has 0 bridgehead atoms. The summed E-state index contributed by atoms with van der Waals surface area (Å²) in [4.78, 5) is 14.7. The van der Waals surface area contributed by atoms with E-state index < -0.39 is 0 Å². The van der Waals surface area contributed by atoms with Gasteiger partial charge in [-0.3, -0.25) is 4.79 Å². The second-order valence-electron chi connectivity index (χ2n) is 7.29. The molecule has 8 heteroatoms. The van der Waals surface area contributed by atoms with Gasteiger partial charge in [0.1, 0.15) is 5.82 Å². The van der Waals surface area contributed by atoms with Crippen LogP contribution in [0.2, 0.25) is 0 Å². The lowest BCUT2D eigenvalue weighted by atomic mass is 9.96. The predicted molar refractivity (Wildman–Crippen MR) is 128 cm³/mol. The first kappa shape index (κ1) is 26.5. The van der Waals surface area contributed by atoms with Gasteiger partial charge in [-0.05, 0) is 74.3 Å². The number of alkyl halides is 1. The zero-order valence-corrected chi connectivity index (χ0v) is 19.3. The predicted octanol–water partition coefficient (Wildman–Crippen LogP) is 5.67. The van der Waals surface area contributed by atoms with E-state index in [1.165, 1.54) is 24.3 Å². The van der Waals surface area contributed by atoms with Crippen LogP contribution in [0.5, 0.6) is 0 Å². The van der Waals surface area contributed by atoms with E-state index in [2.05, 4.69) is 22.5 Å². The fourth-order valence-electron chi connectivity index (χ4n) is 3.53. The molecule has 30 heavy (non-hydrogen) atoms. The van der Waals surface area contributed by atoms with Crippen LogP contribution in [0.15, 0.2) is 48.5 Å². The van der Waals surface area contributed by atoms with Gasteiger partial charge in [0.2, 0.25) is 0 Å². The summed E-state index contributed by atoms with van der Waals surface area (Å²) in [5.41, 5.74) is 2.06. The van der Waals surface area contributed by atoms with Gasteiger partial charge in [0.15, 0.2) is 0 Å². The van der Waals surface area contributed by atoms with Crippen molar-refractivity contribution in [3.8, 4) is 0 Å². The Morgan fingerprint density at radius 1 is 1.17 bits per heavy atom. The lowest BCUT2D eigenvalue weighted by molar-refractivity contribution is 0.102. The van der Waals surface area contributed by atoms with Gasteiger partial charge in [-0.2, -0.15) is 0 Å². The molecule has 1 saturated heterocycles. The second kappa shape index (κ2) is 13.0. The molecule has 1 fully saturated rings. The van der Waals surface area contributed by atoms with E-state index in [-0.39, 0.29) is 41.9 Å². The average Bonchev–Trinajstić information content (AvgIpc) is 2.68. The molecule has 1 aliphatic rings. The van der Waals surface area contributed by atoms with Crippen molar-refractivity contribution in [2.24, 2.45) is 5.92 Å². The van der Waals surface area contributed by atoms with E-state index in [0.717, 1.165) is 44.7 Å². The number of carbonyl (C=O) groups is 1. The summed E-state index contributed by atoms with van der Waals surface area (Å²) < 4.78 is 13.0. The molecular formula is C22H29Cl3FN3O. The van der Waals surface area contributed by atoms with Crippen LogP contribution in [0.25, 0.3) is 0 Å². The van der Waals surface area contributed by atoms with Gasteiger partial charge in [0, 0.05) is 30.0 Å². The largest absolute Gasteiger partial charge is 0.385 e. The number of amides is 1. The van der Waals surface area contributed by atoms with Crippen LogP contribution >= 0.6 is 36.4 Å². The van der Waals surface area contributed by atoms with E-state index in [1.807, 2.05) is 24.3 Å². The summed E-state index contributed by atoms with van der Waals surface area (Å²) in [6.45, 7) is 6.15. The minimum atomic E-state index is -0.360. The Kier molecular flexibility index (Phi) is 11.5. The number of piperidine rings is 1. The van der Waals surface area contributed by atoms with Crippen molar-refractivity contribution >= 4 is 53.7 Å². The summed E-state index contributed by atoms with van der Waals surface area (Å²) in [5.74, 6) is -0.200. The van der Waals surface area contributed by atoms with Crippen molar-refractivity contribution in [3.63, 3.8) is 0 Å².